The van der Waals surface area contributed by atoms with Crippen LogP contribution in [-0.4, -0.2) is 37.6 Å². The molecule has 1 aromatic rings. The van der Waals surface area contributed by atoms with Gasteiger partial charge in [0.15, 0.2) is 6.61 Å². The van der Waals surface area contributed by atoms with E-state index in [1.807, 2.05) is 18.2 Å². The molecule has 0 unspecified atom stereocenters. The Hall–Kier alpha value is -2.24. The van der Waals surface area contributed by atoms with Crippen molar-refractivity contribution in [3.05, 3.63) is 18.2 Å². The second-order valence-electron chi connectivity index (χ2n) is 5.42. The molecule has 21 heavy (non-hydrogen) atoms. The van der Waals surface area contributed by atoms with E-state index in [2.05, 4.69) is 10.6 Å². The van der Waals surface area contributed by atoms with E-state index in [4.69, 9.17) is 4.74 Å². The number of ether oxygens (including phenoxy) is 1. The third-order valence-corrected chi connectivity index (χ3v) is 3.56. The molecule has 1 fully saturated rings. The lowest BCUT2D eigenvalue weighted by molar-refractivity contribution is -0.122. The zero-order chi connectivity index (χ0) is 14.8. The van der Waals surface area contributed by atoms with E-state index in [1.54, 1.807) is 4.90 Å². The number of amides is 2. The summed E-state index contributed by atoms with van der Waals surface area (Å²) in [4.78, 5) is 24.7. The predicted octanol–water partition coefficient (Wildman–Crippen LogP) is 1.12. The summed E-state index contributed by atoms with van der Waals surface area (Å²) in [6, 6.07) is 6.35. The van der Waals surface area contributed by atoms with Crippen LogP contribution in [0.3, 0.4) is 0 Å². The lowest BCUT2D eigenvalue weighted by atomic mass is 10.2. The van der Waals surface area contributed by atoms with Crippen molar-refractivity contribution in [3.8, 4) is 5.75 Å². The molecule has 0 atom stereocenters. The maximum atomic E-state index is 12.0. The van der Waals surface area contributed by atoms with Crippen LogP contribution in [0.5, 0.6) is 5.75 Å². The molecule has 1 aliphatic heterocycles. The van der Waals surface area contributed by atoms with Crippen molar-refractivity contribution < 1.29 is 14.3 Å². The van der Waals surface area contributed by atoms with Crippen molar-refractivity contribution in [2.45, 2.75) is 25.8 Å². The van der Waals surface area contributed by atoms with Gasteiger partial charge in [0, 0.05) is 31.7 Å². The van der Waals surface area contributed by atoms with Crippen molar-refractivity contribution in [2.24, 2.45) is 0 Å². The normalized spacial score (nSPS) is 17.0. The van der Waals surface area contributed by atoms with Crippen molar-refractivity contribution in [2.75, 3.05) is 29.9 Å². The van der Waals surface area contributed by atoms with Gasteiger partial charge in [0.2, 0.25) is 5.91 Å². The van der Waals surface area contributed by atoms with Gasteiger partial charge in [-0.25, -0.2) is 0 Å². The van der Waals surface area contributed by atoms with Crippen molar-refractivity contribution in [1.82, 2.24) is 5.32 Å². The van der Waals surface area contributed by atoms with E-state index in [1.165, 1.54) is 19.8 Å². The standard InChI is InChI=1S/C15H19N3O3/c1-10(19)16-6-7-18-13-8-12(17-11-2-3-11)4-5-14(13)21-9-15(18)20/h4-5,8,11,17H,2-3,6-7,9H2,1H3,(H,16,19). The van der Waals surface area contributed by atoms with Gasteiger partial charge in [-0.3, -0.25) is 9.59 Å². The Labute approximate surface area is 123 Å². The van der Waals surface area contributed by atoms with Crippen LogP contribution in [0.4, 0.5) is 11.4 Å². The largest absolute Gasteiger partial charge is 0.482 e. The lowest BCUT2D eigenvalue weighted by Crippen LogP contribution is -2.43. The molecular formula is C15H19N3O3. The van der Waals surface area contributed by atoms with Crippen LogP contribution in [0.15, 0.2) is 18.2 Å². The van der Waals surface area contributed by atoms with Crippen molar-refractivity contribution >= 4 is 23.2 Å². The van der Waals surface area contributed by atoms with Gasteiger partial charge in [0.1, 0.15) is 5.75 Å². The van der Waals surface area contributed by atoms with Crippen LogP contribution in [0, 0.1) is 0 Å². The molecule has 1 heterocycles. The van der Waals surface area contributed by atoms with Crippen LogP contribution in [0.2, 0.25) is 0 Å². The van der Waals surface area contributed by atoms with E-state index in [9.17, 15) is 9.59 Å². The summed E-state index contributed by atoms with van der Waals surface area (Å²) in [6.07, 6.45) is 2.39. The van der Waals surface area contributed by atoms with Gasteiger partial charge in [0.05, 0.1) is 5.69 Å². The van der Waals surface area contributed by atoms with Crippen molar-refractivity contribution in [3.63, 3.8) is 0 Å². The Morgan fingerprint density at radius 1 is 1.43 bits per heavy atom. The fourth-order valence-corrected chi connectivity index (χ4v) is 2.34. The number of fused-ring (bicyclic) bond motifs is 1. The Kier molecular flexibility index (Phi) is 3.68. The average Bonchev–Trinajstić information content (AvgIpc) is 3.25. The topological polar surface area (TPSA) is 70.7 Å². The van der Waals surface area contributed by atoms with Gasteiger partial charge >= 0.3 is 0 Å². The molecule has 0 radical (unpaired) electrons. The number of nitrogens with one attached hydrogen (secondary N) is 2. The highest BCUT2D eigenvalue weighted by Crippen LogP contribution is 2.35. The minimum atomic E-state index is -0.0971. The molecule has 6 heteroatoms. The number of hydrogen-bond acceptors (Lipinski definition) is 4. The van der Waals surface area contributed by atoms with Gasteiger partial charge < -0.3 is 20.3 Å². The zero-order valence-corrected chi connectivity index (χ0v) is 12.0. The molecule has 0 saturated heterocycles. The van der Waals surface area contributed by atoms with E-state index in [0.29, 0.717) is 24.9 Å². The molecule has 0 aromatic heterocycles. The van der Waals surface area contributed by atoms with Gasteiger partial charge in [-0.1, -0.05) is 0 Å². The highest BCUT2D eigenvalue weighted by molar-refractivity contribution is 5.98. The molecule has 1 saturated carbocycles. The number of benzene rings is 1. The number of carbonyl (C=O) groups is 2. The molecule has 3 rings (SSSR count). The third-order valence-electron chi connectivity index (χ3n) is 3.56. The first-order chi connectivity index (χ1) is 10.1. The monoisotopic (exact) mass is 289 g/mol. The van der Waals surface area contributed by atoms with Gasteiger partial charge in [-0.05, 0) is 31.0 Å². The molecular weight excluding hydrogens is 270 g/mol. The maximum Gasteiger partial charge on any atom is 0.265 e. The molecule has 1 aromatic carbocycles. The van der Waals surface area contributed by atoms with Crippen LogP contribution < -0.4 is 20.3 Å². The van der Waals surface area contributed by atoms with Gasteiger partial charge in [-0.15, -0.1) is 0 Å². The molecule has 6 nitrogen and oxygen atoms in total. The lowest BCUT2D eigenvalue weighted by Gasteiger charge is -2.30. The minimum absolute atomic E-state index is 0.0441. The summed E-state index contributed by atoms with van der Waals surface area (Å²) in [5.74, 6) is 0.523. The maximum absolute atomic E-state index is 12.0. The summed E-state index contributed by atoms with van der Waals surface area (Å²) < 4.78 is 5.46. The number of hydrogen-bond donors (Lipinski definition) is 2. The SMILES string of the molecule is CC(=O)NCCN1C(=O)COc2ccc(NC3CC3)cc21. The van der Waals surface area contributed by atoms with Crippen molar-refractivity contribution in [1.29, 1.82) is 0 Å². The van der Waals surface area contributed by atoms with Crippen LogP contribution in [0.1, 0.15) is 19.8 Å². The Balaban J connectivity index is 1.76. The van der Waals surface area contributed by atoms with E-state index >= 15 is 0 Å². The predicted molar refractivity (Wildman–Crippen MR) is 79.6 cm³/mol. The number of nitrogens with zero attached hydrogens (tertiary/aromatic N) is 1. The summed E-state index contributed by atoms with van der Waals surface area (Å²) in [6.45, 7) is 2.39. The summed E-state index contributed by atoms with van der Waals surface area (Å²) in [7, 11) is 0. The van der Waals surface area contributed by atoms with Crippen LogP contribution in [0.25, 0.3) is 0 Å². The second-order valence-corrected chi connectivity index (χ2v) is 5.42. The highest BCUT2D eigenvalue weighted by Gasteiger charge is 2.27. The molecule has 0 bridgehead atoms. The first-order valence-corrected chi connectivity index (χ1v) is 7.21. The fourth-order valence-electron chi connectivity index (χ4n) is 2.34. The quantitative estimate of drug-likeness (QED) is 0.852. The van der Waals surface area contributed by atoms with Gasteiger partial charge in [0.25, 0.3) is 5.91 Å². The van der Waals surface area contributed by atoms with Gasteiger partial charge in [-0.2, -0.15) is 0 Å². The average molecular weight is 289 g/mol. The summed E-state index contributed by atoms with van der Waals surface area (Å²) >= 11 is 0. The van der Waals surface area contributed by atoms with E-state index < -0.39 is 0 Å². The zero-order valence-electron chi connectivity index (χ0n) is 12.0. The first-order valence-electron chi connectivity index (χ1n) is 7.21. The molecule has 112 valence electrons. The first kappa shape index (κ1) is 13.7. The number of anilines is 2. The highest BCUT2D eigenvalue weighted by atomic mass is 16.5. The summed E-state index contributed by atoms with van der Waals surface area (Å²) in [5.41, 5.74) is 1.77. The molecule has 2 amide bonds. The smallest absolute Gasteiger partial charge is 0.265 e. The minimum Gasteiger partial charge on any atom is -0.482 e. The fraction of sp³-hybridized carbons (Fsp3) is 0.467. The number of carbonyl (C=O) groups excluding carboxylic acids is 2. The number of rotatable bonds is 5. The Morgan fingerprint density at radius 3 is 2.95 bits per heavy atom. The molecule has 1 aliphatic carbocycles. The Bertz CT molecular complexity index is 569. The van der Waals surface area contributed by atoms with Crippen LogP contribution >= 0.6 is 0 Å². The summed E-state index contributed by atoms with van der Waals surface area (Å²) in [5, 5.41) is 6.12. The second kappa shape index (κ2) is 5.63. The molecule has 2 N–H and O–H groups in total. The third kappa shape index (κ3) is 3.26. The van der Waals surface area contributed by atoms with E-state index in [0.717, 1.165) is 11.4 Å². The Morgan fingerprint density at radius 2 is 2.24 bits per heavy atom. The van der Waals surface area contributed by atoms with Crippen LogP contribution in [-0.2, 0) is 9.59 Å². The van der Waals surface area contributed by atoms with E-state index in [-0.39, 0.29) is 18.4 Å². The molecule has 0 spiro atoms. The molecule has 2 aliphatic rings.